The van der Waals surface area contributed by atoms with Gasteiger partial charge in [0.15, 0.2) is 0 Å². The van der Waals surface area contributed by atoms with Crippen LogP contribution in [-0.4, -0.2) is 5.88 Å². The smallest absolute Gasteiger partial charge is 0.0323 e. The van der Waals surface area contributed by atoms with Gasteiger partial charge in [-0.1, -0.05) is 43.7 Å². The van der Waals surface area contributed by atoms with Crippen molar-refractivity contribution in [2.75, 3.05) is 5.88 Å². The first kappa shape index (κ1) is 11.0. The molecule has 1 aliphatic carbocycles. The van der Waals surface area contributed by atoms with E-state index >= 15 is 0 Å². The van der Waals surface area contributed by atoms with Gasteiger partial charge in [-0.15, -0.1) is 11.6 Å². The highest BCUT2D eigenvalue weighted by molar-refractivity contribution is 6.18. The molecule has 2 rings (SSSR count). The molecular formula is C14H19Cl. The van der Waals surface area contributed by atoms with Crippen LogP contribution in [0.3, 0.4) is 0 Å². The molecule has 1 unspecified atom stereocenters. The molecule has 0 nitrogen and oxygen atoms in total. The molecule has 1 fully saturated rings. The van der Waals surface area contributed by atoms with Crippen LogP contribution in [0.2, 0.25) is 0 Å². The van der Waals surface area contributed by atoms with Gasteiger partial charge < -0.3 is 0 Å². The van der Waals surface area contributed by atoms with Crippen molar-refractivity contribution >= 4 is 11.6 Å². The molecule has 0 saturated heterocycles. The maximum Gasteiger partial charge on any atom is 0.0323 e. The van der Waals surface area contributed by atoms with E-state index in [1.165, 1.54) is 24.8 Å². The van der Waals surface area contributed by atoms with Crippen LogP contribution >= 0.6 is 11.6 Å². The predicted octanol–water partition coefficient (Wildman–Crippen LogP) is 4.37. The van der Waals surface area contributed by atoms with Crippen LogP contribution in [0.5, 0.6) is 0 Å². The summed E-state index contributed by atoms with van der Waals surface area (Å²) < 4.78 is 0. The summed E-state index contributed by atoms with van der Waals surface area (Å²) in [7, 11) is 0. The Morgan fingerprint density at radius 3 is 2.33 bits per heavy atom. The van der Waals surface area contributed by atoms with Crippen LogP contribution in [0.25, 0.3) is 0 Å². The van der Waals surface area contributed by atoms with E-state index < -0.39 is 0 Å². The second-order valence-electron chi connectivity index (χ2n) is 4.64. The summed E-state index contributed by atoms with van der Waals surface area (Å²) in [4.78, 5) is 0. The fourth-order valence-electron chi connectivity index (χ4n) is 2.74. The molecule has 1 heteroatoms. The number of halogens is 1. The van der Waals surface area contributed by atoms with E-state index in [2.05, 4.69) is 37.3 Å². The zero-order valence-corrected chi connectivity index (χ0v) is 10.1. The number of benzene rings is 1. The third kappa shape index (κ3) is 1.80. The topological polar surface area (TPSA) is 0 Å². The normalized spacial score (nSPS) is 20.7. The largest absolute Gasteiger partial charge is 0.126 e. The van der Waals surface area contributed by atoms with Gasteiger partial charge in [0, 0.05) is 11.3 Å². The third-order valence-corrected chi connectivity index (χ3v) is 4.58. The summed E-state index contributed by atoms with van der Waals surface area (Å²) in [6.45, 7) is 2.27. The van der Waals surface area contributed by atoms with Crippen molar-refractivity contribution < 1.29 is 0 Å². The van der Waals surface area contributed by atoms with Gasteiger partial charge in [0.25, 0.3) is 0 Å². The van der Waals surface area contributed by atoms with E-state index in [-0.39, 0.29) is 5.41 Å². The van der Waals surface area contributed by atoms with E-state index in [1.807, 2.05) is 0 Å². The van der Waals surface area contributed by atoms with Gasteiger partial charge in [-0.05, 0) is 30.7 Å². The van der Waals surface area contributed by atoms with Crippen LogP contribution in [0.4, 0.5) is 0 Å². The lowest BCUT2D eigenvalue weighted by molar-refractivity contribution is 0.175. The first-order valence-electron chi connectivity index (χ1n) is 5.95. The van der Waals surface area contributed by atoms with Gasteiger partial charge >= 0.3 is 0 Å². The number of hydrogen-bond donors (Lipinski definition) is 0. The van der Waals surface area contributed by atoms with Gasteiger partial charge in [0.2, 0.25) is 0 Å². The third-order valence-electron chi connectivity index (χ3n) is 4.10. The molecule has 1 aliphatic rings. The lowest BCUT2D eigenvalue weighted by Crippen LogP contribution is -2.40. The maximum atomic E-state index is 6.27. The Labute approximate surface area is 97.6 Å². The first-order valence-corrected chi connectivity index (χ1v) is 6.48. The lowest BCUT2D eigenvalue weighted by Gasteiger charge is -2.44. The molecule has 82 valence electrons. The van der Waals surface area contributed by atoms with Crippen LogP contribution in [0, 0.1) is 5.92 Å². The standard InChI is InChI=1S/C14H19Cl/c1-2-14(11-15,13-9-6-10-13)12-7-4-3-5-8-12/h3-5,7-8,13H,2,6,9-11H2,1H3. The Morgan fingerprint density at radius 2 is 1.93 bits per heavy atom. The van der Waals surface area contributed by atoms with Crippen molar-refractivity contribution in [3.8, 4) is 0 Å². The molecule has 1 aromatic rings. The minimum Gasteiger partial charge on any atom is -0.126 e. The molecule has 0 radical (unpaired) electrons. The van der Waals surface area contributed by atoms with Crippen molar-refractivity contribution in [2.45, 2.75) is 38.0 Å². The summed E-state index contributed by atoms with van der Waals surface area (Å²) in [6, 6.07) is 10.8. The van der Waals surface area contributed by atoms with Crippen molar-refractivity contribution in [3.05, 3.63) is 35.9 Å². The Hall–Kier alpha value is -0.490. The zero-order valence-electron chi connectivity index (χ0n) is 9.38. The Balaban J connectivity index is 2.32. The molecule has 0 bridgehead atoms. The fraction of sp³-hybridized carbons (Fsp3) is 0.571. The first-order chi connectivity index (χ1) is 7.33. The van der Waals surface area contributed by atoms with Crippen molar-refractivity contribution in [1.82, 2.24) is 0 Å². The van der Waals surface area contributed by atoms with Crippen molar-refractivity contribution in [2.24, 2.45) is 5.92 Å². The average molecular weight is 223 g/mol. The van der Waals surface area contributed by atoms with Crippen LogP contribution in [0.15, 0.2) is 30.3 Å². The molecule has 0 amide bonds. The Morgan fingerprint density at radius 1 is 1.27 bits per heavy atom. The maximum absolute atomic E-state index is 6.27. The van der Waals surface area contributed by atoms with E-state index in [1.54, 1.807) is 0 Å². The van der Waals surface area contributed by atoms with Crippen LogP contribution < -0.4 is 0 Å². The van der Waals surface area contributed by atoms with E-state index in [0.717, 1.165) is 18.2 Å². The summed E-state index contributed by atoms with van der Waals surface area (Å²) in [5, 5.41) is 0. The van der Waals surface area contributed by atoms with Crippen molar-refractivity contribution in [3.63, 3.8) is 0 Å². The molecule has 0 aliphatic heterocycles. The molecule has 0 N–H and O–H groups in total. The van der Waals surface area contributed by atoms with Gasteiger partial charge in [-0.25, -0.2) is 0 Å². The fourth-order valence-corrected chi connectivity index (χ4v) is 3.30. The Bertz CT molecular complexity index is 296. The van der Waals surface area contributed by atoms with E-state index in [4.69, 9.17) is 11.6 Å². The van der Waals surface area contributed by atoms with Gasteiger partial charge in [0.05, 0.1) is 0 Å². The van der Waals surface area contributed by atoms with E-state index in [0.29, 0.717) is 0 Å². The van der Waals surface area contributed by atoms with Gasteiger partial charge in [0.1, 0.15) is 0 Å². The molecule has 1 atom stereocenters. The van der Waals surface area contributed by atoms with E-state index in [9.17, 15) is 0 Å². The Kier molecular flexibility index (Phi) is 3.35. The van der Waals surface area contributed by atoms with Gasteiger partial charge in [-0.3, -0.25) is 0 Å². The number of rotatable bonds is 4. The molecule has 1 aromatic carbocycles. The van der Waals surface area contributed by atoms with Crippen LogP contribution in [-0.2, 0) is 5.41 Å². The highest BCUT2D eigenvalue weighted by Gasteiger charge is 2.40. The minimum absolute atomic E-state index is 0.237. The second kappa shape index (κ2) is 4.57. The molecule has 15 heavy (non-hydrogen) atoms. The van der Waals surface area contributed by atoms with Crippen LogP contribution in [0.1, 0.15) is 38.2 Å². The predicted molar refractivity (Wildman–Crippen MR) is 66.5 cm³/mol. The highest BCUT2D eigenvalue weighted by Crippen LogP contribution is 2.46. The second-order valence-corrected chi connectivity index (χ2v) is 4.90. The minimum atomic E-state index is 0.237. The molecule has 1 saturated carbocycles. The summed E-state index contributed by atoms with van der Waals surface area (Å²) in [5.74, 6) is 1.57. The van der Waals surface area contributed by atoms with Crippen molar-refractivity contribution in [1.29, 1.82) is 0 Å². The summed E-state index contributed by atoms with van der Waals surface area (Å²) in [6.07, 6.45) is 5.26. The molecule has 0 aromatic heterocycles. The average Bonchev–Trinajstić information content (AvgIpc) is 2.24. The summed E-state index contributed by atoms with van der Waals surface area (Å²) >= 11 is 6.27. The number of alkyl halides is 1. The lowest BCUT2D eigenvalue weighted by atomic mass is 9.62. The molecule has 0 spiro atoms. The molecule has 0 heterocycles. The molecular weight excluding hydrogens is 204 g/mol. The highest BCUT2D eigenvalue weighted by atomic mass is 35.5. The quantitative estimate of drug-likeness (QED) is 0.664. The van der Waals surface area contributed by atoms with Gasteiger partial charge in [-0.2, -0.15) is 0 Å². The zero-order chi connectivity index (χ0) is 10.7. The SMILES string of the molecule is CCC(CCl)(c1ccccc1)C1CCC1. The number of hydrogen-bond acceptors (Lipinski definition) is 0. The summed E-state index contributed by atoms with van der Waals surface area (Å²) in [5.41, 5.74) is 1.67. The monoisotopic (exact) mass is 222 g/mol.